The number of carbonyl (C=O) groups is 1. The van der Waals surface area contributed by atoms with Gasteiger partial charge in [0.1, 0.15) is 16.6 Å². The third-order valence-electron chi connectivity index (χ3n) is 7.62. The zero-order valence-corrected chi connectivity index (χ0v) is 23.4. The summed E-state index contributed by atoms with van der Waals surface area (Å²) in [6, 6.07) is 18.6. The zero-order chi connectivity index (χ0) is 26.9. The first-order chi connectivity index (χ1) is 18.5. The summed E-state index contributed by atoms with van der Waals surface area (Å²) in [6.07, 6.45) is 8.03. The SMILES string of the molecule is CCCC(c1ccc(CCCN2CCC(CN)CC2)cc1)N(C)C(=O)/C(C#N)=C/c1nc2ccccc2s1. The van der Waals surface area contributed by atoms with Crippen LogP contribution in [0.3, 0.4) is 0 Å². The van der Waals surface area contributed by atoms with Gasteiger partial charge in [0.15, 0.2) is 0 Å². The molecule has 1 aromatic heterocycles. The molecule has 200 valence electrons. The van der Waals surface area contributed by atoms with Crippen molar-refractivity contribution in [3.63, 3.8) is 0 Å². The van der Waals surface area contributed by atoms with Crippen LogP contribution in [-0.4, -0.2) is 53.9 Å². The Labute approximate surface area is 230 Å². The van der Waals surface area contributed by atoms with Gasteiger partial charge in [-0.15, -0.1) is 11.3 Å². The lowest BCUT2D eigenvalue weighted by molar-refractivity contribution is -0.127. The number of likely N-dealkylation sites (N-methyl/N-ethyl adjacent to an activating group) is 1. The molecule has 1 fully saturated rings. The van der Waals surface area contributed by atoms with Crippen molar-refractivity contribution >= 4 is 33.5 Å². The number of hydrogen-bond acceptors (Lipinski definition) is 6. The van der Waals surface area contributed by atoms with Crippen molar-refractivity contribution in [2.24, 2.45) is 11.7 Å². The van der Waals surface area contributed by atoms with Gasteiger partial charge in [0.25, 0.3) is 5.91 Å². The number of likely N-dealkylation sites (tertiary alicyclic amines) is 1. The molecule has 0 bridgehead atoms. The predicted octanol–water partition coefficient (Wildman–Crippen LogP) is 5.81. The Morgan fingerprint density at radius 1 is 1.24 bits per heavy atom. The number of nitrogens with two attached hydrogens (primary N) is 1. The van der Waals surface area contributed by atoms with Gasteiger partial charge >= 0.3 is 0 Å². The third kappa shape index (κ3) is 7.08. The minimum absolute atomic E-state index is 0.0856. The number of hydrogen-bond donors (Lipinski definition) is 1. The van der Waals surface area contributed by atoms with Crippen LogP contribution >= 0.6 is 11.3 Å². The van der Waals surface area contributed by atoms with E-state index in [9.17, 15) is 10.1 Å². The summed E-state index contributed by atoms with van der Waals surface area (Å²) in [5.74, 6) is 0.430. The summed E-state index contributed by atoms with van der Waals surface area (Å²) >= 11 is 1.49. The van der Waals surface area contributed by atoms with Crippen LogP contribution < -0.4 is 5.73 Å². The number of benzene rings is 2. The molecule has 0 saturated carbocycles. The van der Waals surface area contributed by atoms with Gasteiger partial charge in [-0.05, 0) is 93.5 Å². The van der Waals surface area contributed by atoms with Crippen molar-refractivity contribution in [2.75, 3.05) is 33.2 Å². The van der Waals surface area contributed by atoms with Gasteiger partial charge in [-0.3, -0.25) is 4.79 Å². The summed E-state index contributed by atoms with van der Waals surface area (Å²) in [5.41, 5.74) is 9.23. The van der Waals surface area contributed by atoms with Crippen LogP contribution in [0, 0.1) is 17.2 Å². The molecule has 0 radical (unpaired) electrons. The monoisotopic (exact) mass is 529 g/mol. The van der Waals surface area contributed by atoms with E-state index in [0.717, 1.165) is 67.6 Å². The lowest BCUT2D eigenvalue weighted by atomic mass is 9.96. The second kappa shape index (κ2) is 13.7. The van der Waals surface area contributed by atoms with Crippen molar-refractivity contribution in [1.29, 1.82) is 5.26 Å². The smallest absolute Gasteiger partial charge is 0.264 e. The fourth-order valence-corrected chi connectivity index (χ4v) is 6.18. The average molecular weight is 530 g/mol. The first-order valence-electron chi connectivity index (χ1n) is 13.8. The number of aryl methyl sites for hydroxylation is 1. The predicted molar refractivity (Wildman–Crippen MR) is 157 cm³/mol. The number of amides is 1. The maximum Gasteiger partial charge on any atom is 0.264 e. The largest absolute Gasteiger partial charge is 0.334 e. The number of carbonyl (C=O) groups excluding carboxylic acids is 1. The molecule has 1 aliphatic heterocycles. The Bertz CT molecular complexity index is 1230. The number of piperidine rings is 1. The van der Waals surface area contributed by atoms with E-state index < -0.39 is 0 Å². The molecule has 7 heteroatoms. The quantitative estimate of drug-likeness (QED) is 0.250. The molecule has 0 aliphatic carbocycles. The highest BCUT2D eigenvalue weighted by Crippen LogP contribution is 2.28. The van der Waals surface area contributed by atoms with Crippen molar-refractivity contribution in [1.82, 2.24) is 14.8 Å². The van der Waals surface area contributed by atoms with Gasteiger partial charge in [-0.1, -0.05) is 49.7 Å². The maximum absolute atomic E-state index is 13.4. The van der Waals surface area contributed by atoms with Crippen LogP contribution in [0.25, 0.3) is 16.3 Å². The van der Waals surface area contributed by atoms with Crippen LogP contribution in [0.2, 0.25) is 0 Å². The van der Waals surface area contributed by atoms with E-state index in [4.69, 9.17) is 5.73 Å². The number of fused-ring (bicyclic) bond motifs is 1. The highest BCUT2D eigenvalue weighted by molar-refractivity contribution is 7.19. The molecule has 4 rings (SSSR count). The first-order valence-corrected chi connectivity index (χ1v) is 14.6. The molecular weight excluding hydrogens is 490 g/mol. The Hall–Kier alpha value is -3.05. The van der Waals surface area contributed by atoms with Crippen molar-refractivity contribution < 1.29 is 4.79 Å². The summed E-state index contributed by atoms with van der Waals surface area (Å²) in [4.78, 5) is 22.2. The number of rotatable bonds is 11. The molecule has 1 atom stereocenters. The fourth-order valence-electron chi connectivity index (χ4n) is 5.26. The van der Waals surface area contributed by atoms with Gasteiger partial charge in [0, 0.05) is 7.05 Å². The van der Waals surface area contributed by atoms with Crippen molar-refractivity contribution in [2.45, 2.75) is 51.5 Å². The van der Waals surface area contributed by atoms with E-state index in [0.29, 0.717) is 10.9 Å². The van der Waals surface area contributed by atoms with Crippen molar-refractivity contribution in [3.8, 4) is 6.07 Å². The number of nitriles is 1. The average Bonchev–Trinajstić information content (AvgIpc) is 3.37. The maximum atomic E-state index is 13.4. The molecule has 1 amide bonds. The minimum Gasteiger partial charge on any atom is -0.334 e. The van der Waals surface area contributed by atoms with E-state index >= 15 is 0 Å². The lowest BCUT2D eigenvalue weighted by Crippen LogP contribution is -2.36. The fraction of sp³-hybridized carbons (Fsp3) is 0.452. The Kier molecular flexibility index (Phi) is 10.1. The van der Waals surface area contributed by atoms with Crippen LogP contribution in [0.5, 0.6) is 0 Å². The van der Waals surface area contributed by atoms with E-state index in [2.05, 4.69) is 47.1 Å². The summed E-state index contributed by atoms with van der Waals surface area (Å²) < 4.78 is 1.04. The van der Waals surface area contributed by atoms with E-state index in [-0.39, 0.29) is 17.5 Å². The van der Waals surface area contributed by atoms with Crippen LogP contribution in [-0.2, 0) is 11.2 Å². The number of nitrogens with zero attached hydrogens (tertiary/aromatic N) is 4. The topological polar surface area (TPSA) is 86.2 Å². The second-order valence-electron chi connectivity index (χ2n) is 10.3. The van der Waals surface area contributed by atoms with Crippen LogP contribution in [0.4, 0.5) is 0 Å². The Morgan fingerprint density at radius 3 is 2.63 bits per heavy atom. The molecule has 38 heavy (non-hydrogen) atoms. The van der Waals surface area contributed by atoms with E-state index in [1.807, 2.05) is 24.3 Å². The molecule has 1 unspecified atom stereocenters. The zero-order valence-electron chi connectivity index (χ0n) is 22.6. The van der Waals surface area contributed by atoms with Gasteiger partial charge in [0.05, 0.1) is 16.3 Å². The normalized spacial score (nSPS) is 15.9. The molecule has 2 heterocycles. The molecule has 0 spiro atoms. The summed E-state index contributed by atoms with van der Waals surface area (Å²) in [5, 5.41) is 10.5. The van der Waals surface area contributed by atoms with Crippen LogP contribution in [0.1, 0.15) is 61.2 Å². The highest BCUT2D eigenvalue weighted by Gasteiger charge is 2.24. The molecule has 6 nitrogen and oxygen atoms in total. The second-order valence-corrected chi connectivity index (χ2v) is 11.3. The van der Waals surface area contributed by atoms with Crippen molar-refractivity contribution in [3.05, 3.63) is 70.2 Å². The first kappa shape index (κ1) is 28.0. The van der Waals surface area contributed by atoms with Crippen LogP contribution in [0.15, 0.2) is 54.1 Å². The number of thiazole rings is 1. The Morgan fingerprint density at radius 2 is 1.97 bits per heavy atom. The summed E-state index contributed by atoms with van der Waals surface area (Å²) in [7, 11) is 1.80. The standard InChI is InChI=1S/C31H39N5OS/c1-3-7-28(25-13-11-23(12-14-25)8-6-17-36-18-15-24(21-32)16-19-36)35(2)31(37)26(22-33)20-30-34-27-9-4-5-10-29(27)38-30/h4-5,9-14,20,24,28H,3,6-8,15-19,21,32H2,1-2H3/b26-20+. The van der Waals surface area contributed by atoms with Gasteiger partial charge < -0.3 is 15.5 Å². The molecular formula is C31H39N5OS. The molecule has 3 aromatic rings. The molecule has 1 aliphatic rings. The van der Waals surface area contributed by atoms with Gasteiger partial charge in [-0.2, -0.15) is 5.26 Å². The minimum atomic E-state index is -0.271. The molecule has 2 aromatic carbocycles. The number of para-hydroxylation sites is 1. The van der Waals surface area contributed by atoms with E-state index in [1.165, 1.54) is 29.7 Å². The highest BCUT2D eigenvalue weighted by atomic mass is 32.1. The van der Waals surface area contributed by atoms with Gasteiger partial charge in [-0.25, -0.2) is 4.98 Å². The lowest BCUT2D eigenvalue weighted by Gasteiger charge is -2.31. The molecule has 1 saturated heterocycles. The molecule has 2 N–H and O–H groups in total. The number of aromatic nitrogens is 1. The van der Waals surface area contributed by atoms with Gasteiger partial charge in [0.2, 0.25) is 0 Å². The summed E-state index contributed by atoms with van der Waals surface area (Å²) in [6.45, 7) is 6.40. The Balaban J connectivity index is 1.38. The van der Waals surface area contributed by atoms with E-state index in [1.54, 1.807) is 18.0 Å². The third-order valence-corrected chi connectivity index (χ3v) is 8.61.